The van der Waals surface area contributed by atoms with Gasteiger partial charge in [0.1, 0.15) is 24.5 Å². The summed E-state index contributed by atoms with van der Waals surface area (Å²) in [6, 6.07) is 5.47. The fourth-order valence-electron chi connectivity index (χ4n) is 3.95. The van der Waals surface area contributed by atoms with Crippen LogP contribution in [0.1, 0.15) is 44.0 Å². The lowest BCUT2D eigenvalue weighted by Crippen LogP contribution is -3.00. The van der Waals surface area contributed by atoms with E-state index in [1.165, 1.54) is 4.90 Å². The predicted octanol–water partition coefficient (Wildman–Crippen LogP) is -1.52. The largest absolute Gasteiger partial charge is 1.00 e. The third-order valence-electron chi connectivity index (χ3n) is 5.83. The fourth-order valence-corrected chi connectivity index (χ4v) is 4.07. The number of anilines is 2. The maximum absolute atomic E-state index is 12.9. The zero-order valence-corrected chi connectivity index (χ0v) is 26.8. The van der Waals surface area contributed by atoms with Gasteiger partial charge in [-0.15, -0.1) is 0 Å². The van der Waals surface area contributed by atoms with E-state index in [2.05, 4.69) is 20.6 Å². The van der Waals surface area contributed by atoms with Crippen LogP contribution in [-0.2, 0) is 29.2 Å². The van der Waals surface area contributed by atoms with E-state index in [0.717, 1.165) is 11.0 Å². The highest BCUT2D eigenvalue weighted by atomic mass is 79.9. The molecule has 2 heterocycles. The number of likely N-dealkylation sites (N-methyl/N-ethyl adjacent to an activating group) is 1. The van der Waals surface area contributed by atoms with Gasteiger partial charge in [0.05, 0.1) is 13.1 Å². The third-order valence-corrected chi connectivity index (χ3v) is 6.10. The molecule has 230 valence electrons. The highest BCUT2D eigenvalue weighted by molar-refractivity contribution is 6.31. The van der Waals surface area contributed by atoms with E-state index in [1.54, 1.807) is 40.9 Å². The Bertz CT molecular complexity index is 1460. The number of amides is 3. The van der Waals surface area contributed by atoms with E-state index in [-0.39, 0.29) is 71.6 Å². The summed E-state index contributed by atoms with van der Waals surface area (Å²) in [6.45, 7) is 8.39. The predicted molar refractivity (Wildman–Crippen MR) is 153 cm³/mol. The van der Waals surface area contributed by atoms with Gasteiger partial charge >= 0.3 is 6.09 Å². The molecule has 0 radical (unpaired) electrons. The van der Waals surface area contributed by atoms with Gasteiger partial charge in [-0.3, -0.25) is 9.59 Å². The molecule has 6 N–H and O–H groups in total. The number of alkyl carbamates (subject to hydrolysis) is 1. The summed E-state index contributed by atoms with van der Waals surface area (Å²) in [7, 11) is 3.35. The first-order valence-corrected chi connectivity index (χ1v) is 13.3. The number of carbonyl (C=O) groups is 3. The van der Waals surface area contributed by atoms with Crippen LogP contribution in [0.25, 0.3) is 11.0 Å². The minimum Gasteiger partial charge on any atom is -1.00 e. The molecule has 42 heavy (non-hydrogen) atoms. The number of hydrogen-bond donors (Lipinski definition) is 4. The number of fused-ring (bicyclic) bond motifs is 1. The van der Waals surface area contributed by atoms with Crippen LogP contribution >= 0.6 is 11.6 Å². The van der Waals surface area contributed by atoms with Gasteiger partial charge in [-0.2, -0.15) is 0 Å². The lowest BCUT2D eigenvalue weighted by Gasteiger charge is -2.19. The number of nitrogens with one attached hydrogen (secondary N) is 2. The fraction of sp³-hybridized carbons (Fsp3) is 0.462. The number of benzene rings is 1. The van der Waals surface area contributed by atoms with Crippen molar-refractivity contribution in [1.82, 2.24) is 30.1 Å². The number of aryl methyl sites for hydroxylation is 1. The number of rotatable bonds is 10. The average Bonchev–Trinajstić information content (AvgIpc) is 3.17. The van der Waals surface area contributed by atoms with Crippen molar-refractivity contribution in [3.8, 4) is 5.75 Å². The first-order valence-electron chi connectivity index (χ1n) is 12.9. The van der Waals surface area contributed by atoms with Crippen molar-refractivity contribution in [3.63, 3.8) is 0 Å². The highest BCUT2D eigenvalue weighted by Crippen LogP contribution is 2.22. The lowest BCUT2D eigenvalue weighted by atomic mass is 10.2. The summed E-state index contributed by atoms with van der Waals surface area (Å²) in [5.74, 6) is 0.257. The molecule has 3 amide bonds. The third kappa shape index (κ3) is 8.58. The van der Waals surface area contributed by atoms with Gasteiger partial charge in [0.25, 0.3) is 17.6 Å². The Morgan fingerprint density at radius 3 is 2.43 bits per heavy atom. The van der Waals surface area contributed by atoms with Crippen LogP contribution in [-0.4, -0.2) is 70.2 Å². The Morgan fingerprint density at radius 2 is 1.81 bits per heavy atom. The number of halogens is 2. The van der Waals surface area contributed by atoms with Crippen LogP contribution in [0.2, 0.25) is 5.15 Å². The van der Waals surface area contributed by atoms with Crippen LogP contribution in [0, 0.1) is 0 Å². The molecule has 0 spiro atoms. The zero-order valence-electron chi connectivity index (χ0n) is 24.5. The van der Waals surface area contributed by atoms with Gasteiger partial charge in [0.15, 0.2) is 40.1 Å². The van der Waals surface area contributed by atoms with Gasteiger partial charge in [0, 0.05) is 20.2 Å². The Labute approximate surface area is 259 Å². The van der Waals surface area contributed by atoms with E-state index < -0.39 is 17.6 Å². The SMILES string of the molecule is CCn1c(CNC(=O)c2nc(Cl)c(N)nc2N)[n+](CC(=O)N(C)C)c2ccc(OCCNC(=O)OC(C)(C)C)cc21.[Br-]. The van der Waals surface area contributed by atoms with Crippen LogP contribution in [0.4, 0.5) is 16.4 Å². The molecule has 0 atom stereocenters. The summed E-state index contributed by atoms with van der Waals surface area (Å²) in [6.07, 6.45) is -0.524. The summed E-state index contributed by atoms with van der Waals surface area (Å²) in [5, 5.41) is 5.32. The van der Waals surface area contributed by atoms with E-state index >= 15 is 0 Å². The number of ether oxygens (including phenoxy) is 2. The summed E-state index contributed by atoms with van der Waals surface area (Å²) < 4.78 is 14.9. The van der Waals surface area contributed by atoms with Gasteiger partial charge in [-0.05, 0) is 39.8 Å². The van der Waals surface area contributed by atoms with E-state index in [4.69, 9.17) is 32.5 Å². The summed E-state index contributed by atoms with van der Waals surface area (Å²) in [5.41, 5.74) is 12.3. The van der Waals surface area contributed by atoms with E-state index in [0.29, 0.717) is 18.1 Å². The molecule has 0 saturated heterocycles. The molecule has 1 aromatic carbocycles. The molecule has 16 heteroatoms. The second-order valence-electron chi connectivity index (χ2n) is 10.3. The van der Waals surface area contributed by atoms with Gasteiger partial charge in [-0.25, -0.2) is 23.9 Å². The molecule has 0 aliphatic rings. The maximum Gasteiger partial charge on any atom is 0.407 e. The lowest BCUT2D eigenvalue weighted by molar-refractivity contribution is -0.668. The number of imidazole rings is 1. The molecule has 0 bridgehead atoms. The first kappa shape index (κ1) is 34.4. The Balaban J connectivity index is 0.00000616. The summed E-state index contributed by atoms with van der Waals surface area (Å²) >= 11 is 5.94. The number of nitrogens with zero attached hydrogens (tertiary/aromatic N) is 5. The summed E-state index contributed by atoms with van der Waals surface area (Å²) in [4.78, 5) is 46.9. The maximum atomic E-state index is 12.9. The smallest absolute Gasteiger partial charge is 0.407 e. The van der Waals surface area contributed by atoms with Crippen molar-refractivity contribution >= 4 is 52.2 Å². The molecular formula is C26H37BrClN9O5. The van der Waals surface area contributed by atoms with E-state index in [9.17, 15) is 14.4 Å². The Hall–Kier alpha value is -3.85. The van der Waals surface area contributed by atoms with Crippen LogP contribution < -0.4 is 48.4 Å². The van der Waals surface area contributed by atoms with Crippen molar-refractivity contribution in [3.05, 3.63) is 34.9 Å². The van der Waals surface area contributed by atoms with Crippen LogP contribution in [0.3, 0.4) is 0 Å². The van der Waals surface area contributed by atoms with Crippen LogP contribution in [0.5, 0.6) is 5.75 Å². The highest BCUT2D eigenvalue weighted by Gasteiger charge is 2.28. The second-order valence-corrected chi connectivity index (χ2v) is 10.6. The van der Waals surface area contributed by atoms with Crippen molar-refractivity contribution in [2.75, 3.05) is 38.7 Å². The number of hydrogen-bond acceptors (Lipinski definition) is 9. The Morgan fingerprint density at radius 1 is 1.12 bits per heavy atom. The van der Waals surface area contributed by atoms with E-state index in [1.807, 2.05) is 28.2 Å². The van der Waals surface area contributed by atoms with Crippen molar-refractivity contribution in [1.29, 1.82) is 0 Å². The molecule has 0 unspecified atom stereocenters. The topological polar surface area (TPSA) is 184 Å². The molecule has 3 aromatic rings. The van der Waals surface area contributed by atoms with Gasteiger partial charge < -0.3 is 53.5 Å². The quantitative estimate of drug-likeness (QED) is 0.147. The molecule has 2 aromatic heterocycles. The first-order chi connectivity index (χ1) is 19.2. The van der Waals surface area contributed by atoms with Gasteiger partial charge in [0.2, 0.25) is 0 Å². The molecule has 3 rings (SSSR count). The normalized spacial score (nSPS) is 11.0. The molecule has 14 nitrogen and oxygen atoms in total. The second kappa shape index (κ2) is 14.4. The molecular weight excluding hydrogens is 634 g/mol. The van der Waals surface area contributed by atoms with Crippen molar-refractivity contribution in [2.45, 2.75) is 52.9 Å². The monoisotopic (exact) mass is 669 g/mol. The van der Waals surface area contributed by atoms with Gasteiger partial charge in [-0.1, -0.05) is 11.6 Å². The number of carbonyl (C=O) groups excluding carboxylic acids is 3. The van der Waals surface area contributed by atoms with Crippen molar-refractivity contribution in [2.24, 2.45) is 0 Å². The number of nitrogens with two attached hydrogens (primary N) is 2. The average molecular weight is 671 g/mol. The number of nitrogen functional groups attached to an aromatic ring is 2. The van der Waals surface area contributed by atoms with Crippen molar-refractivity contribution < 1.29 is 45.4 Å². The zero-order chi connectivity index (χ0) is 30.5. The molecule has 0 fully saturated rings. The minimum atomic E-state index is -0.600. The standard InChI is InChI=1S/C26H36ClN9O5.BrH/c1-7-35-17-12-15(40-11-10-30-25(39)41-26(2,3)4)8-9-16(17)36(14-19(37)34(5)6)18(35)13-31-24(38)20-22(28)33-23(29)21(27)32-20;/h8-9,12H,7,10-11,13-14H2,1-6H3,(H5-,28,29,30,31,33,38,39);1H. The molecule has 0 aliphatic carbocycles. The Kier molecular flexibility index (Phi) is 11.7. The number of aromatic nitrogens is 4. The van der Waals surface area contributed by atoms with Crippen LogP contribution in [0.15, 0.2) is 18.2 Å². The minimum absolute atomic E-state index is 0. The molecule has 0 aliphatic heterocycles. The molecule has 0 saturated carbocycles.